The van der Waals surface area contributed by atoms with Gasteiger partial charge in [-0.2, -0.15) is 0 Å². The number of nitrogens with one attached hydrogen (secondary N) is 1. The van der Waals surface area contributed by atoms with Crippen LogP contribution in [0.3, 0.4) is 0 Å². The van der Waals surface area contributed by atoms with Crippen LogP contribution >= 0.6 is 0 Å². The summed E-state index contributed by atoms with van der Waals surface area (Å²) in [5.41, 5.74) is 0.200. The second-order valence-corrected chi connectivity index (χ2v) is 5.78. The zero-order chi connectivity index (χ0) is 13.6. The van der Waals surface area contributed by atoms with Crippen molar-refractivity contribution < 1.29 is 14.3 Å². The lowest BCUT2D eigenvalue weighted by atomic mass is 9.83. The molecule has 1 heterocycles. The summed E-state index contributed by atoms with van der Waals surface area (Å²) >= 11 is 0. The molecule has 1 atom stereocenters. The van der Waals surface area contributed by atoms with Gasteiger partial charge < -0.3 is 14.8 Å². The molecule has 2 fully saturated rings. The SMILES string of the molecule is CCOC(=O)CCNCC1CCC2(CCCCC2)O1. The van der Waals surface area contributed by atoms with Gasteiger partial charge in [-0.05, 0) is 32.6 Å². The van der Waals surface area contributed by atoms with Gasteiger partial charge in [-0.1, -0.05) is 19.3 Å². The summed E-state index contributed by atoms with van der Waals surface area (Å²) < 4.78 is 11.2. The molecule has 0 aromatic carbocycles. The third-order valence-electron chi connectivity index (χ3n) is 4.29. The number of carbonyl (C=O) groups is 1. The molecule has 1 aliphatic carbocycles. The van der Waals surface area contributed by atoms with E-state index in [1.165, 1.54) is 38.5 Å². The summed E-state index contributed by atoms with van der Waals surface area (Å²) in [6, 6.07) is 0. The molecule has 0 bridgehead atoms. The van der Waals surface area contributed by atoms with Gasteiger partial charge in [-0.15, -0.1) is 0 Å². The van der Waals surface area contributed by atoms with Gasteiger partial charge in [0, 0.05) is 13.1 Å². The Morgan fingerprint density at radius 3 is 2.84 bits per heavy atom. The summed E-state index contributed by atoms with van der Waals surface area (Å²) in [6.45, 7) is 3.85. The first-order valence-electron chi connectivity index (χ1n) is 7.78. The lowest BCUT2D eigenvalue weighted by molar-refractivity contribution is -0.143. The van der Waals surface area contributed by atoms with Crippen molar-refractivity contribution in [2.45, 2.75) is 70.0 Å². The first kappa shape index (κ1) is 14.8. The Bertz CT molecular complexity index is 287. The summed E-state index contributed by atoms with van der Waals surface area (Å²) in [5.74, 6) is -0.119. The van der Waals surface area contributed by atoms with Crippen molar-refractivity contribution in [1.82, 2.24) is 5.32 Å². The van der Waals surface area contributed by atoms with Gasteiger partial charge in [0.05, 0.1) is 24.7 Å². The molecule has 1 spiro atoms. The lowest BCUT2D eigenvalue weighted by Gasteiger charge is -2.33. The minimum absolute atomic E-state index is 0.119. The van der Waals surface area contributed by atoms with Crippen molar-refractivity contribution >= 4 is 5.97 Å². The van der Waals surface area contributed by atoms with Crippen LogP contribution in [-0.2, 0) is 14.3 Å². The summed E-state index contributed by atoms with van der Waals surface area (Å²) in [7, 11) is 0. The van der Waals surface area contributed by atoms with Gasteiger partial charge in [0.2, 0.25) is 0 Å². The molecular formula is C15H27NO3. The number of esters is 1. The van der Waals surface area contributed by atoms with Crippen molar-refractivity contribution in [3.8, 4) is 0 Å². The summed E-state index contributed by atoms with van der Waals surface area (Å²) in [5, 5.41) is 3.31. The van der Waals surface area contributed by atoms with Crippen molar-refractivity contribution in [3.63, 3.8) is 0 Å². The van der Waals surface area contributed by atoms with Crippen molar-refractivity contribution in [1.29, 1.82) is 0 Å². The molecule has 1 unspecified atom stereocenters. The Morgan fingerprint density at radius 2 is 2.11 bits per heavy atom. The van der Waals surface area contributed by atoms with E-state index in [-0.39, 0.29) is 11.6 Å². The first-order chi connectivity index (χ1) is 9.24. The standard InChI is InChI=1S/C15H27NO3/c1-2-18-14(17)7-11-16-12-13-6-10-15(19-13)8-4-3-5-9-15/h13,16H,2-12H2,1H3. The third kappa shape index (κ3) is 4.46. The van der Waals surface area contributed by atoms with Gasteiger partial charge in [-0.25, -0.2) is 0 Å². The topological polar surface area (TPSA) is 47.6 Å². The fraction of sp³-hybridized carbons (Fsp3) is 0.933. The molecule has 1 aliphatic heterocycles. The van der Waals surface area contributed by atoms with Crippen LogP contribution in [-0.4, -0.2) is 37.4 Å². The smallest absolute Gasteiger partial charge is 0.307 e. The minimum Gasteiger partial charge on any atom is -0.466 e. The maximum absolute atomic E-state index is 11.2. The summed E-state index contributed by atoms with van der Waals surface area (Å²) in [6.07, 6.45) is 9.66. The Hall–Kier alpha value is -0.610. The molecule has 4 heteroatoms. The molecule has 2 aliphatic rings. The van der Waals surface area contributed by atoms with E-state index in [0.717, 1.165) is 13.0 Å². The molecule has 110 valence electrons. The maximum atomic E-state index is 11.2. The molecule has 0 amide bonds. The monoisotopic (exact) mass is 269 g/mol. The van der Waals surface area contributed by atoms with Crippen molar-refractivity contribution in [2.75, 3.05) is 19.7 Å². The highest BCUT2D eigenvalue weighted by atomic mass is 16.5. The number of rotatable bonds is 6. The zero-order valence-electron chi connectivity index (χ0n) is 12.1. The highest BCUT2D eigenvalue weighted by molar-refractivity contribution is 5.69. The van der Waals surface area contributed by atoms with Crippen LogP contribution in [0, 0.1) is 0 Å². The van der Waals surface area contributed by atoms with E-state index < -0.39 is 0 Å². The van der Waals surface area contributed by atoms with E-state index in [4.69, 9.17) is 9.47 Å². The van der Waals surface area contributed by atoms with E-state index in [9.17, 15) is 4.79 Å². The van der Waals surface area contributed by atoms with E-state index in [1.807, 2.05) is 6.92 Å². The highest BCUT2D eigenvalue weighted by Crippen LogP contribution is 2.41. The van der Waals surface area contributed by atoms with Crippen LogP contribution in [0.25, 0.3) is 0 Å². The molecule has 0 aromatic heterocycles. The molecule has 0 radical (unpaired) electrons. The molecule has 1 N–H and O–H groups in total. The Labute approximate surface area is 116 Å². The fourth-order valence-corrected chi connectivity index (χ4v) is 3.29. The molecule has 1 saturated carbocycles. The Morgan fingerprint density at radius 1 is 1.32 bits per heavy atom. The average molecular weight is 269 g/mol. The van der Waals surface area contributed by atoms with Crippen LogP contribution < -0.4 is 5.32 Å². The van der Waals surface area contributed by atoms with Crippen LogP contribution in [0.1, 0.15) is 58.3 Å². The van der Waals surface area contributed by atoms with Gasteiger partial charge in [0.15, 0.2) is 0 Å². The number of hydrogen-bond acceptors (Lipinski definition) is 4. The predicted molar refractivity (Wildman–Crippen MR) is 74.0 cm³/mol. The third-order valence-corrected chi connectivity index (χ3v) is 4.29. The molecule has 19 heavy (non-hydrogen) atoms. The van der Waals surface area contributed by atoms with Crippen LogP contribution in [0.15, 0.2) is 0 Å². The van der Waals surface area contributed by atoms with Crippen LogP contribution in [0.5, 0.6) is 0 Å². The normalized spacial score (nSPS) is 25.6. The van der Waals surface area contributed by atoms with E-state index in [0.29, 0.717) is 25.7 Å². The lowest BCUT2D eigenvalue weighted by Crippen LogP contribution is -2.35. The number of ether oxygens (including phenoxy) is 2. The van der Waals surface area contributed by atoms with E-state index in [2.05, 4.69) is 5.32 Å². The first-order valence-corrected chi connectivity index (χ1v) is 7.78. The fourth-order valence-electron chi connectivity index (χ4n) is 3.29. The Kier molecular flexibility index (Phi) is 5.64. The van der Waals surface area contributed by atoms with Gasteiger partial charge in [-0.3, -0.25) is 4.79 Å². The van der Waals surface area contributed by atoms with Gasteiger partial charge >= 0.3 is 5.97 Å². The number of hydrogen-bond donors (Lipinski definition) is 1. The minimum atomic E-state index is -0.119. The molecule has 4 nitrogen and oxygen atoms in total. The van der Waals surface area contributed by atoms with Crippen LogP contribution in [0.2, 0.25) is 0 Å². The highest BCUT2D eigenvalue weighted by Gasteiger charge is 2.40. The van der Waals surface area contributed by atoms with Crippen molar-refractivity contribution in [3.05, 3.63) is 0 Å². The van der Waals surface area contributed by atoms with Gasteiger partial charge in [0.1, 0.15) is 0 Å². The maximum Gasteiger partial charge on any atom is 0.307 e. The zero-order valence-corrected chi connectivity index (χ0v) is 12.1. The predicted octanol–water partition coefficient (Wildman–Crippen LogP) is 2.41. The molecule has 1 saturated heterocycles. The second-order valence-electron chi connectivity index (χ2n) is 5.78. The Balaban J connectivity index is 1.59. The quantitative estimate of drug-likeness (QED) is 0.594. The number of carbonyl (C=O) groups excluding carboxylic acids is 1. The van der Waals surface area contributed by atoms with E-state index in [1.54, 1.807) is 0 Å². The van der Waals surface area contributed by atoms with Crippen molar-refractivity contribution in [2.24, 2.45) is 0 Å². The summed E-state index contributed by atoms with van der Waals surface area (Å²) in [4.78, 5) is 11.2. The largest absolute Gasteiger partial charge is 0.466 e. The molecule has 0 aromatic rings. The molecular weight excluding hydrogens is 242 g/mol. The van der Waals surface area contributed by atoms with Crippen LogP contribution in [0.4, 0.5) is 0 Å². The second kappa shape index (κ2) is 7.25. The molecule has 2 rings (SSSR count). The average Bonchev–Trinajstić information content (AvgIpc) is 2.79. The van der Waals surface area contributed by atoms with Gasteiger partial charge in [0.25, 0.3) is 0 Å². The van der Waals surface area contributed by atoms with E-state index >= 15 is 0 Å².